The highest BCUT2D eigenvalue weighted by molar-refractivity contribution is 9.10. The van der Waals surface area contributed by atoms with Crippen LogP contribution in [0.2, 0.25) is 15.1 Å². The largest absolute Gasteiger partial charge is 0.399 e. The van der Waals surface area contributed by atoms with Crippen LogP contribution in [-0.4, -0.2) is 17.9 Å². The van der Waals surface area contributed by atoms with Gasteiger partial charge in [-0.25, -0.2) is 4.39 Å². The molecule has 160 valence electrons. The maximum absolute atomic E-state index is 13.7. The fourth-order valence-electron chi connectivity index (χ4n) is 2.70. The van der Waals surface area contributed by atoms with Gasteiger partial charge in [0.25, 0.3) is 5.91 Å². The van der Waals surface area contributed by atoms with E-state index in [0.717, 1.165) is 18.2 Å². The predicted molar refractivity (Wildman–Crippen MR) is 114 cm³/mol. The lowest BCUT2D eigenvalue weighted by Gasteiger charge is -2.18. The number of halogens is 8. The Morgan fingerprint density at radius 3 is 2.23 bits per heavy atom. The van der Waals surface area contributed by atoms with Gasteiger partial charge >= 0.3 is 6.18 Å². The Morgan fingerprint density at radius 1 is 1.13 bits per heavy atom. The van der Waals surface area contributed by atoms with Crippen LogP contribution in [0.1, 0.15) is 40.2 Å². The smallest absolute Gasteiger partial charge is 0.320 e. The number of benzene rings is 2. The summed E-state index contributed by atoms with van der Waals surface area (Å²) in [6, 6.07) is 6.57. The van der Waals surface area contributed by atoms with Crippen molar-refractivity contribution in [2.45, 2.75) is 30.7 Å². The molecule has 1 saturated carbocycles. The number of hydrogen-bond acceptors (Lipinski definition) is 1. The molecular formula is C20H13BrCl3F4NO. The Kier molecular flexibility index (Phi) is 6.77. The molecule has 1 aliphatic rings. The summed E-state index contributed by atoms with van der Waals surface area (Å²) >= 11 is 20.8. The normalized spacial score (nSPS) is 16.5. The first-order chi connectivity index (χ1) is 13.9. The zero-order chi connectivity index (χ0) is 22.3. The zero-order valence-electron chi connectivity index (χ0n) is 15.0. The fourth-order valence-corrected chi connectivity index (χ4v) is 3.89. The molecule has 2 nitrogen and oxygen atoms in total. The van der Waals surface area contributed by atoms with Crippen LogP contribution in [0.3, 0.4) is 0 Å². The highest BCUT2D eigenvalue weighted by atomic mass is 79.9. The number of allylic oxidation sites excluding steroid dienone is 1. The number of rotatable bonds is 5. The molecule has 2 aromatic carbocycles. The third-order valence-corrected chi connectivity index (χ3v) is 6.32. The van der Waals surface area contributed by atoms with E-state index in [0.29, 0.717) is 10.0 Å². The van der Waals surface area contributed by atoms with Crippen LogP contribution >= 0.6 is 50.7 Å². The summed E-state index contributed by atoms with van der Waals surface area (Å²) in [6.07, 6.45) is -1.87. The maximum atomic E-state index is 13.7. The maximum Gasteiger partial charge on any atom is 0.399 e. The number of amides is 1. The summed E-state index contributed by atoms with van der Waals surface area (Å²) in [5.41, 5.74) is 0.422. The lowest BCUT2D eigenvalue weighted by molar-refractivity contribution is -0.139. The van der Waals surface area contributed by atoms with Gasteiger partial charge in [-0.15, -0.1) is 0 Å². The number of alkyl halides is 4. The average molecular weight is 546 g/mol. The molecule has 30 heavy (non-hydrogen) atoms. The van der Waals surface area contributed by atoms with E-state index in [1.807, 2.05) is 0 Å². The zero-order valence-corrected chi connectivity index (χ0v) is 18.8. The van der Waals surface area contributed by atoms with E-state index < -0.39 is 23.8 Å². The number of carbonyl (C=O) groups excluding carboxylic acids is 1. The molecule has 0 radical (unpaired) electrons. The Morgan fingerprint density at radius 2 is 1.73 bits per heavy atom. The summed E-state index contributed by atoms with van der Waals surface area (Å²) in [6.45, 7) is 0. The molecule has 1 atom stereocenters. The second-order valence-electron chi connectivity index (χ2n) is 6.84. The Labute approximate surface area is 193 Å². The topological polar surface area (TPSA) is 29.1 Å². The Bertz CT molecular complexity index is 999. The minimum absolute atomic E-state index is 0.0222. The van der Waals surface area contributed by atoms with Crippen molar-refractivity contribution in [2.24, 2.45) is 0 Å². The van der Waals surface area contributed by atoms with Gasteiger partial charge in [0.2, 0.25) is 0 Å². The van der Waals surface area contributed by atoms with E-state index >= 15 is 0 Å². The molecule has 0 saturated heterocycles. The molecule has 0 heterocycles. The SMILES string of the molecule is O=C(NC1(F)CC1)c1ccc(/C=C/C(c2cc(Cl)c(Cl)c(Cl)c2)C(F)(F)F)cc1Br. The van der Waals surface area contributed by atoms with E-state index in [1.54, 1.807) is 0 Å². The van der Waals surface area contributed by atoms with Gasteiger partial charge in [0, 0.05) is 17.3 Å². The minimum Gasteiger partial charge on any atom is -0.320 e. The van der Waals surface area contributed by atoms with Crippen molar-refractivity contribution in [3.8, 4) is 0 Å². The monoisotopic (exact) mass is 543 g/mol. The van der Waals surface area contributed by atoms with E-state index in [2.05, 4.69) is 21.2 Å². The molecule has 0 aromatic heterocycles. The molecule has 0 bridgehead atoms. The summed E-state index contributed by atoms with van der Waals surface area (Å²) in [7, 11) is 0. The van der Waals surface area contributed by atoms with Crippen LogP contribution in [-0.2, 0) is 0 Å². The lowest BCUT2D eigenvalue weighted by atomic mass is 9.97. The van der Waals surface area contributed by atoms with Crippen LogP contribution in [0.5, 0.6) is 0 Å². The third kappa shape index (κ3) is 5.49. The third-order valence-electron chi connectivity index (χ3n) is 4.46. The number of carbonyl (C=O) groups is 1. The molecule has 0 aliphatic heterocycles. The fraction of sp³-hybridized carbons (Fsp3) is 0.250. The highest BCUT2D eigenvalue weighted by Crippen LogP contribution is 2.41. The van der Waals surface area contributed by atoms with Gasteiger partial charge in [0.15, 0.2) is 5.79 Å². The van der Waals surface area contributed by atoms with E-state index in [-0.39, 0.29) is 39.0 Å². The molecule has 1 unspecified atom stereocenters. The van der Waals surface area contributed by atoms with Gasteiger partial charge in [-0.1, -0.05) is 53.0 Å². The van der Waals surface area contributed by atoms with Crippen molar-refractivity contribution in [3.63, 3.8) is 0 Å². The standard InChI is InChI=1S/C20H13BrCl3F4NO/c21-14-7-10(1-3-12(14)18(30)29-19(25)5-6-19)2-4-13(20(26,27)28)11-8-15(22)17(24)16(23)9-11/h1-4,7-9,13H,5-6H2,(H,29,30)/b4-2+. The van der Waals surface area contributed by atoms with Gasteiger partial charge in [-0.3, -0.25) is 4.79 Å². The van der Waals surface area contributed by atoms with Crippen molar-refractivity contribution < 1.29 is 22.4 Å². The summed E-state index contributed by atoms with van der Waals surface area (Å²) < 4.78 is 54.9. The first-order valence-electron chi connectivity index (χ1n) is 8.60. The minimum atomic E-state index is -4.60. The van der Waals surface area contributed by atoms with Crippen molar-refractivity contribution in [1.29, 1.82) is 0 Å². The molecule has 1 fully saturated rings. The van der Waals surface area contributed by atoms with Crippen LogP contribution < -0.4 is 5.32 Å². The summed E-state index contributed by atoms with van der Waals surface area (Å²) in [5, 5.41) is 2.09. The Hall–Kier alpha value is -1.28. The van der Waals surface area contributed by atoms with E-state index in [9.17, 15) is 22.4 Å². The second kappa shape index (κ2) is 8.69. The summed E-state index contributed by atoms with van der Waals surface area (Å²) in [4.78, 5) is 12.1. The average Bonchev–Trinajstić information content (AvgIpc) is 3.35. The molecule has 1 aliphatic carbocycles. The quantitative estimate of drug-likeness (QED) is 0.231. The van der Waals surface area contributed by atoms with Crippen molar-refractivity contribution >= 4 is 62.7 Å². The molecule has 3 rings (SSSR count). The Balaban J connectivity index is 1.86. The second-order valence-corrected chi connectivity index (χ2v) is 8.88. The van der Waals surface area contributed by atoms with Crippen molar-refractivity contribution in [3.05, 3.63) is 72.6 Å². The molecule has 1 amide bonds. The van der Waals surface area contributed by atoms with Crippen LogP contribution in [0, 0.1) is 0 Å². The molecule has 0 spiro atoms. The van der Waals surface area contributed by atoms with Crippen LogP contribution in [0.15, 0.2) is 40.9 Å². The molecule has 10 heteroatoms. The molecule has 1 N–H and O–H groups in total. The predicted octanol–water partition coefficient (Wildman–Crippen LogP) is 7.96. The molecular weight excluding hydrogens is 532 g/mol. The highest BCUT2D eigenvalue weighted by Gasteiger charge is 2.45. The molecule has 2 aromatic rings. The van der Waals surface area contributed by atoms with Crippen molar-refractivity contribution in [1.82, 2.24) is 5.32 Å². The van der Waals surface area contributed by atoms with Gasteiger partial charge in [0.1, 0.15) is 0 Å². The first kappa shape index (κ1) is 23.4. The van der Waals surface area contributed by atoms with Crippen molar-refractivity contribution in [2.75, 3.05) is 0 Å². The van der Waals surface area contributed by atoms with E-state index in [4.69, 9.17) is 34.8 Å². The van der Waals surface area contributed by atoms with Gasteiger partial charge in [0.05, 0.1) is 26.5 Å². The number of hydrogen-bond donors (Lipinski definition) is 1. The van der Waals surface area contributed by atoms with E-state index in [1.165, 1.54) is 24.3 Å². The van der Waals surface area contributed by atoms with Gasteiger partial charge in [-0.2, -0.15) is 13.2 Å². The number of nitrogens with one attached hydrogen (secondary N) is 1. The van der Waals surface area contributed by atoms with Crippen LogP contribution in [0.4, 0.5) is 17.6 Å². The summed E-state index contributed by atoms with van der Waals surface area (Å²) in [5.74, 6) is -4.25. The lowest BCUT2D eigenvalue weighted by Crippen LogP contribution is -2.33. The van der Waals surface area contributed by atoms with Gasteiger partial charge in [-0.05, 0) is 51.3 Å². The first-order valence-corrected chi connectivity index (χ1v) is 10.5. The van der Waals surface area contributed by atoms with Crippen LogP contribution in [0.25, 0.3) is 6.08 Å². The van der Waals surface area contributed by atoms with Gasteiger partial charge < -0.3 is 5.32 Å².